The second kappa shape index (κ2) is 8.78. The van der Waals surface area contributed by atoms with E-state index in [1.807, 2.05) is 6.92 Å². The summed E-state index contributed by atoms with van der Waals surface area (Å²) >= 11 is 12.1. The monoisotopic (exact) mass is 300 g/mol. The van der Waals surface area contributed by atoms with Crippen molar-refractivity contribution in [1.82, 2.24) is 5.48 Å². The number of hydrogen-bond acceptors (Lipinski definition) is 3. The molecule has 102 valence electrons. The van der Waals surface area contributed by atoms with E-state index in [4.69, 9.17) is 39.2 Å². The first-order valence-corrected chi connectivity index (χ1v) is 6.33. The second-order valence-corrected chi connectivity index (χ2v) is 4.21. The summed E-state index contributed by atoms with van der Waals surface area (Å²) in [6.45, 7) is 2.60. The van der Waals surface area contributed by atoms with Gasteiger partial charge in [-0.1, -0.05) is 23.2 Å². The molecule has 0 aliphatic rings. The molecule has 4 nitrogen and oxygen atoms in total. The zero-order chi connectivity index (χ0) is 14.1. The van der Waals surface area contributed by atoms with Crippen LogP contribution >= 0.6 is 23.2 Å². The predicted molar refractivity (Wildman–Crippen MR) is 77.9 cm³/mol. The van der Waals surface area contributed by atoms with Crippen LogP contribution in [-0.4, -0.2) is 19.7 Å². The van der Waals surface area contributed by atoms with Gasteiger partial charge in [0.2, 0.25) is 0 Å². The van der Waals surface area contributed by atoms with Crippen molar-refractivity contribution in [3.8, 4) is 12.3 Å². The summed E-state index contributed by atoms with van der Waals surface area (Å²) < 4.78 is 4.96. The predicted octanol–water partition coefficient (Wildman–Crippen LogP) is 3.34. The molecule has 0 spiro atoms. The fraction of sp³-hybridized carbons (Fsp3) is 0.308. The molecule has 0 saturated carbocycles. The lowest BCUT2D eigenvalue weighted by Gasteiger charge is -2.05. The summed E-state index contributed by atoms with van der Waals surface area (Å²) in [6, 6.07) is 3.36. The van der Waals surface area contributed by atoms with Crippen LogP contribution in [0.2, 0.25) is 10.0 Å². The van der Waals surface area contributed by atoms with E-state index in [1.54, 1.807) is 12.1 Å². The highest BCUT2D eigenvalue weighted by Gasteiger charge is 2.06. The van der Waals surface area contributed by atoms with E-state index in [2.05, 4.69) is 16.4 Å². The van der Waals surface area contributed by atoms with Gasteiger partial charge in [-0.3, -0.25) is 5.48 Å². The molecule has 6 heteroatoms. The second-order valence-electron chi connectivity index (χ2n) is 3.40. The molecular weight excluding hydrogens is 287 g/mol. The Balaban J connectivity index is 2.60. The number of nitrogens with one attached hydrogen (secondary N) is 1. The molecule has 1 aromatic rings. The summed E-state index contributed by atoms with van der Waals surface area (Å²) in [5.41, 5.74) is 3.84. The molecule has 0 unspecified atom stereocenters. The number of hydroxylamine groups is 1. The maximum atomic E-state index is 6.07. The SMILES string of the molecule is C#CCc1c(Cl)cc(N=CNOCOCC)cc1Cl. The van der Waals surface area contributed by atoms with Gasteiger partial charge in [-0.05, 0) is 19.1 Å². The Morgan fingerprint density at radius 1 is 1.42 bits per heavy atom. The highest BCUT2D eigenvalue weighted by molar-refractivity contribution is 6.36. The van der Waals surface area contributed by atoms with Gasteiger partial charge in [0.1, 0.15) is 6.34 Å². The molecule has 0 radical (unpaired) electrons. The maximum absolute atomic E-state index is 6.07. The van der Waals surface area contributed by atoms with Gasteiger partial charge in [-0.25, -0.2) is 9.83 Å². The summed E-state index contributed by atoms with van der Waals surface area (Å²) in [5, 5.41) is 0.987. The van der Waals surface area contributed by atoms with Crippen molar-refractivity contribution in [1.29, 1.82) is 0 Å². The zero-order valence-electron chi connectivity index (χ0n) is 10.5. The van der Waals surface area contributed by atoms with E-state index in [0.29, 0.717) is 28.8 Å². The molecule has 0 atom stereocenters. The molecule has 0 saturated heterocycles. The highest BCUT2D eigenvalue weighted by Crippen LogP contribution is 2.30. The molecular formula is C13H14Cl2N2O2. The van der Waals surface area contributed by atoms with Gasteiger partial charge in [0.25, 0.3) is 0 Å². The molecule has 1 N–H and O–H groups in total. The van der Waals surface area contributed by atoms with Crippen LogP contribution in [0.3, 0.4) is 0 Å². The largest absolute Gasteiger partial charge is 0.353 e. The molecule has 0 heterocycles. The lowest BCUT2D eigenvalue weighted by atomic mass is 10.1. The van der Waals surface area contributed by atoms with Crippen LogP contribution in [0.25, 0.3) is 0 Å². The molecule has 0 aliphatic carbocycles. The Morgan fingerprint density at radius 2 is 2.11 bits per heavy atom. The lowest BCUT2D eigenvalue weighted by molar-refractivity contribution is -0.0737. The Kier molecular flexibility index (Phi) is 7.31. The first-order chi connectivity index (χ1) is 9.19. The van der Waals surface area contributed by atoms with Crippen LogP contribution in [0.5, 0.6) is 0 Å². The van der Waals surface area contributed by atoms with Crippen molar-refractivity contribution in [3.63, 3.8) is 0 Å². The number of nitrogens with zero attached hydrogens (tertiary/aromatic N) is 1. The minimum atomic E-state index is 0.144. The highest BCUT2D eigenvalue weighted by atomic mass is 35.5. The average molecular weight is 301 g/mol. The maximum Gasteiger partial charge on any atom is 0.173 e. The van der Waals surface area contributed by atoms with Gasteiger partial charge in [0.15, 0.2) is 6.79 Å². The minimum absolute atomic E-state index is 0.144. The van der Waals surface area contributed by atoms with E-state index >= 15 is 0 Å². The van der Waals surface area contributed by atoms with E-state index in [0.717, 1.165) is 5.56 Å². The number of halogens is 2. The minimum Gasteiger partial charge on any atom is -0.353 e. The molecule has 0 aromatic heterocycles. The van der Waals surface area contributed by atoms with Crippen LogP contribution in [0, 0.1) is 12.3 Å². The van der Waals surface area contributed by atoms with Crippen molar-refractivity contribution < 1.29 is 9.57 Å². The average Bonchev–Trinajstić information content (AvgIpc) is 2.38. The number of hydrogen-bond donors (Lipinski definition) is 1. The molecule has 0 bridgehead atoms. The fourth-order valence-electron chi connectivity index (χ4n) is 1.23. The fourth-order valence-corrected chi connectivity index (χ4v) is 1.84. The van der Waals surface area contributed by atoms with Crippen LogP contribution in [0.4, 0.5) is 5.69 Å². The van der Waals surface area contributed by atoms with E-state index in [9.17, 15) is 0 Å². The van der Waals surface area contributed by atoms with Crippen molar-refractivity contribution in [2.75, 3.05) is 13.4 Å². The van der Waals surface area contributed by atoms with Gasteiger partial charge in [0, 0.05) is 28.6 Å². The topological polar surface area (TPSA) is 42.9 Å². The van der Waals surface area contributed by atoms with Crippen LogP contribution in [0.1, 0.15) is 12.5 Å². The van der Waals surface area contributed by atoms with Crippen molar-refractivity contribution in [2.24, 2.45) is 4.99 Å². The van der Waals surface area contributed by atoms with Crippen molar-refractivity contribution in [3.05, 3.63) is 27.7 Å². The van der Waals surface area contributed by atoms with Gasteiger partial charge in [-0.2, -0.15) is 0 Å². The Bertz CT molecular complexity index is 461. The summed E-state index contributed by atoms with van der Waals surface area (Å²) in [7, 11) is 0. The van der Waals surface area contributed by atoms with Crippen LogP contribution in [0.15, 0.2) is 17.1 Å². The third-order valence-corrected chi connectivity index (χ3v) is 2.78. The van der Waals surface area contributed by atoms with Crippen molar-refractivity contribution >= 4 is 35.2 Å². The molecule has 1 rings (SSSR count). The normalized spacial score (nSPS) is 10.6. The Morgan fingerprint density at radius 3 is 2.68 bits per heavy atom. The molecule has 0 fully saturated rings. The smallest absolute Gasteiger partial charge is 0.173 e. The number of ether oxygens (including phenoxy) is 1. The first-order valence-electron chi connectivity index (χ1n) is 5.58. The summed E-state index contributed by atoms with van der Waals surface area (Å²) in [4.78, 5) is 8.99. The number of terminal acetylenes is 1. The number of aliphatic imine (C=N–C) groups is 1. The van der Waals surface area contributed by atoms with Crippen LogP contribution in [-0.2, 0) is 16.0 Å². The van der Waals surface area contributed by atoms with Gasteiger partial charge < -0.3 is 4.74 Å². The van der Waals surface area contributed by atoms with Gasteiger partial charge >= 0.3 is 0 Å². The third-order valence-electron chi connectivity index (χ3n) is 2.10. The standard InChI is InChI=1S/C13H14Cl2N2O2/c1-3-5-11-12(14)6-10(7-13(11)15)16-8-17-19-9-18-4-2/h1,6-8H,4-5,9H2,2H3,(H,16,17). The third kappa shape index (κ3) is 5.50. The first kappa shape index (κ1) is 15.8. The van der Waals surface area contributed by atoms with Gasteiger partial charge in [0.05, 0.1) is 5.69 Å². The van der Waals surface area contributed by atoms with Crippen LogP contribution < -0.4 is 5.48 Å². The summed E-state index contributed by atoms with van der Waals surface area (Å²) in [5.74, 6) is 2.50. The Hall–Kier alpha value is -1.25. The molecule has 1 aromatic carbocycles. The quantitative estimate of drug-likeness (QED) is 0.210. The molecule has 0 aliphatic heterocycles. The summed E-state index contributed by atoms with van der Waals surface area (Å²) in [6.07, 6.45) is 7.00. The zero-order valence-corrected chi connectivity index (χ0v) is 12.0. The lowest BCUT2D eigenvalue weighted by Crippen LogP contribution is -2.14. The van der Waals surface area contributed by atoms with Gasteiger partial charge in [-0.15, -0.1) is 12.3 Å². The van der Waals surface area contributed by atoms with E-state index in [1.165, 1.54) is 6.34 Å². The molecule has 19 heavy (non-hydrogen) atoms. The van der Waals surface area contributed by atoms with E-state index < -0.39 is 0 Å². The Labute approximate surface area is 122 Å². The number of rotatable bonds is 7. The molecule has 0 amide bonds. The van der Waals surface area contributed by atoms with Crippen molar-refractivity contribution in [2.45, 2.75) is 13.3 Å². The number of benzene rings is 1. The van der Waals surface area contributed by atoms with E-state index in [-0.39, 0.29) is 6.79 Å².